The van der Waals surface area contributed by atoms with Gasteiger partial charge in [-0.15, -0.1) is 33.2 Å². The molecule has 0 fully saturated rings. The second kappa shape index (κ2) is 22.5. The van der Waals surface area contributed by atoms with Gasteiger partial charge in [0.25, 0.3) is 0 Å². The molecule has 1 unspecified atom stereocenters. The molecule has 0 aromatic rings. The lowest BCUT2D eigenvalue weighted by atomic mass is 9.89. The largest absolute Gasteiger partial charge is 0.341 e. The van der Waals surface area contributed by atoms with Gasteiger partial charge >= 0.3 is 6.00 Å². The van der Waals surface area contributed by atoms with Gasteiger partial charge in [0, 0.05) is 0 Å². The lowest BCUT2D eigenvalue weighted by molar-refractivity contribution is 0.122. The highest BCUT2D eigenvalue weighted by molar-refractivity contribution is 7.64. The highest BCUT2D eigenvalue weighted by atomic mass is 35.8. The van der Waals surface area contributed by atoms with E-state index >= 15 is 4.39 Å². The van der Waals surface area contributed by atoms with Gasteiger partial charge in [-0.2, -0.15) is 0 Å². The first-order valence-corrected chi connectivity index (χ1v) is 19.3. The predicted octanol–water partition coefficient (Wildman–Crippen LogP) is 12.4. The van der Waals surface area contributed by atoms with Crippen LogP contribution < -0.4 is 0 Å². The number of hydrogen-bond donors (Lipinski definition) is 0. The third kappa shape index (κ3) is 24.2. The minimum absolute atomic E-state index is 0.433. The summed E-state index contributed by atoms with van der Waals surface area (Å²) in [6.07, 6.45) is 27.5. The molecule has 0 heterocycles. The Morgan fingerprint density at radius 2 is 0.750 bits per heavy atom. The number of hydrogen-bond acceptors (Lipinski definition) is 0. The zero-order chi connectivity index (χ0) is 24.0. The lowest BCUT2D eigenvalue weighted by Crippen LogP contribution is -2.26. The van der Waals surface area contributed by atoms with Gasteiger partial charge in [0.05, 0.1) is 0 Å². The van der Waals surface area contributed by atoms with Crippen LogP contribution in [0.5, 0.6) is 0 Å². The van der Waals surface area contributed by atoms with E-state index in [-0.39, 0.29) is 0 Å². The van der Waals surface area contributed by atoms with E-state index in [0.717, 1.165) is 25.7 Å². The molecule has 0 aromatic carbocycles. The van der Waals surface area contributed by atoms with Crippen LogP contribution in [0.1, 0.15) is 162 Å². The highest BCUT2D eigenvalue weighted by Crippen LogP contribution is 2.37. The Kier molecular flexibility index (Phi) is 23.2. The summed E-state index contributed by atoms with van der Waals surface area (Å²) in [5, 5.41) is 0. The molecule has 0 aromatic heterocycles. The van der Waals surface area contributed by atoms with Gasteiger partial charge in [-0.25, -0.2) is 4.39 Å². The van der Waals surface area contributed by atoms with Crippen molar-refractivity contribution < 1.29 is 4.39 Å². The molecule has 0 N–H and O–H groups in total. The molecule has 0 radical (unpaired) electrons. The zero-order valence-electron chi connectivity index (χ0n) is 21.5. The van der Waals surface area contributed by atoms with Gasteiger partial charge in [-0.3, -0.25) is 0 Å². The maximum absolute atomic E-state index is 15.5. The number of alkyl halides is 1. The maximum atomic E-state index is 15.5. The van der Waals surface area contributed by atoms with Crippen LogP contribution in [-0.4, -0.2) is 11.7 Å². The summed E-state index contributed by atoms with van der Waals surface area (Å²) in [5.74, 6) is 0. The van der Waals surface area contributed by atoms with Crippen molar-refractivity contribution in [2.75, 3.05) is 0 Å². The number of unbranched alkanes of at least 4 members (excludes halogenated alkanes) is 18. The van der Waals surface area contributed by atoms with E-state index in [4.69, 9.17) is 33.2 Å². The van der Waals surface area contributed by atoms with Crippen LogP contribution in [0.25, 0.3) is 0 Å². The molecule has 0 saturated carbocycles. The van der Waals surface area contributed by atoms with E-state index in [0.29, 0.717) is 25.3 Å². The molecule has 0 rings (SSSR count). The molecule has 0 spiro atoms. The van der Waals surface area contributed by atoms with E-state index in [1.807, 2.05) is 0 Å². The molecule has 194 valence electrons. The summed E-state index contributed by atoms with van der Waals surface area (Å²) >= 11 is 18.1. The topological polar surface area (TPSA) is 0 Å². The molecule has 1 atom stereocenters. The first-order valence-electron chi connectivity index (χ1n) is 14.1. The van der Waals surface area contributed by atoms with E-state index in [1.165, 1.54) is 103 Å². The van der Waals surface area contributed by atoms with Gasteiger partial charge < -0.3 is 0 Å². The van der Waals surface area contributed by atoms with Crippen molar-refractivity contribution in [2.24, 2.45) is 0 Å². The first kappa shape index (κ1) is 33.0. The summed E-state index contributed by atoms with van der Waals surface area (Å²) in [4.78, 5) is 0. The Labute approximate surface area is 216 Å². The third-order valence-corrected chi connectivity index (χ3v) is 9.33. The summed E-state index contributed by atoms with van der Waals surface area (Å²) in [7, 11) is 0. The van der Waals surface area contributed by atoms with Gasteiger partial charge in [0.15, 0.2) is 0 Å². The predicted molar refractivity (Wildman–Crippen MR) is 149 cm³/mol. The SMILES string of the molecule is CCCCCCCCCCCCCCCCCC(F)(CCCCCCC)CC[Si](Cl)(Cl)Cl. The van der Waals surface area contributed by atoms with Crippen molar-refractivity contribution >= 4 is 39.2 Å². The Morgan fingerprint density at radius 1 is 0.469 bits per heavy atom. The van der Waals surface area contributed by atoms with Crippen molar-refractivity contribution in [2.45, 2.75) is 173 Å². The van der Waals surface area contributed by atoms with Gasteiger partial charge in [0.1, 0.15) is 5.67 Å². The van der Waals surface area contributed by atoms with Crippen LogP contribution in [0.15, 0.2) is 0 Å². The normalized spacial score (nSPS) is 14.1. The highest BCUT2D eigenvalue weighted by Gasteiger charge is 2.34. The molecule has 0 nitrogen and oxygen atoms in total. The minimum Gasteiger partial charge on any atom is -0.244 e. The second-order valence-corrected chi connectivity index (χ2v) is 19.4. The summed E-state index contributed by atoms with van der Waals surface area (Å²) in [5.41, 5.74) is -1.13. The molecule has 5 heteroatoms. The molecule has 0 aliphatic carbocycles. The van der Waals surface area contributed by atoms with Gasteiger partial charge in [0.2, 0.25) is 0 Å². The van der Waals surface area contributed by atoms with Crippen LogP contribution in [0.2, 0.25) is 6.04 Å². The van der Waals surface area contributed by atoms with Crippen LogP contribution in [0, 0.1) is 0 Å². The molecule has 32 heavy (non-hydrogen) atoms. The molecular weight excluding hydrogens is 478 g/mol. The van der Waals surface area contributed by atoms with E-state index < -0.39 is 11.7 Å². The molecule has 0 aliphatic heterocycles. The van der Waals surface area contributed by atoms with Crippen LogP contribution in [0.4, 0.5) is 4.39 Å². The average molecular weight is 532 g/mol. The quantitative estimate of drug-likeness (QED) is 0.0624. The Morgan fingerprint density at radius 3 is 1.03 bits per heavy atom. The maximum Gasteiger partial charge on any atom is 0.341 e. The first-order chi connectivity index (χ1) is 15.3. The van der Waals surface area contributed by atoms with Crippen molar-refractivity contribution in [1.82, 2.24) is 0 Å². The van der Waals surface area contributed by atoms with E-state index in [9.17, 15) is 0 Å². The number of halogens is 4. The minimum atomic E-state index is -2.74. The van der Waals surface area contributed by atoms with Crippen molar-refractivity contribution in [3.8, 4) is 0 Å². The zero-order valence-corrected chi connectivity index (χ0v) is 24.8. The smallest absolute Gasteiger partial charge is 0.244 e. The summed E-state index contributed by atoms with van der Waals surface area (Å²) < 4.78 is 15.5. The Hall–Kier alpha value is 1.02. The molecule has 0 bridgehead atoms. The van der Waals surface area contributed by atoms with Crippen molar-refractivity contribution in [1.29, 1.82) is 0 Å². The van der Waals surface area contributed by atoms with Crippen molar-refractivity contribution in [3.05, 3.63) is 0 Å². The standard InChI is InChI=1S/C27H54Cl3FSi/c1-3-5-7-9-10-11-12-13-14-15-16-17-18-20-22-24-27(31,25-26-32(28,29)30)23-21-19-8-6-4-2/h3-26H2,1-2H3. The number of rotatable bonds is 25. The molecule has 0 amide bonds. The average Bonchev–Trinajstić information content (AvgIpc) is 2.74. The van der Waals surface area contributed by atoms with Gasteiger partial charge in [-0.1, -0.05) is 142 Å². The lowest BCUT2D eigenvalue weighted by Gasteiger charge is -2.27. The fourth-order valence-electron chi connectivity index (χ4n) is 4.60. The van der Waals surface area contributed by atoms with Crippen LogP contribution in [-0.2, 0) is 0 Å². The fraction of sp³-hybridized carbons (Fsp3) is 1.00. The van der Waals surface area contributed by atoms with E-state index in [2.05, 4.69) is 13.8 Å². The summed E-state index contributed by atoms with van der Waals surface area (Å²) in [6, 6.07) is -2.29. The Bertz CT molecular complexity index is 390. The third-order valence-electron chi connectivity index (χ3n) is 6.81. The van der Waals surface area contributed by atoms with Gasteiger partial charge in [-0.05, 0) is 25.3 Å². The molecule has 0 saturated heterocycles. The summed E-state index contributed by atoms with van der Waals surface area (Å²) in [6.45, 7) is 4.49. The van der Waals surface area contributed by atoms with Crippen LogP contribution in [0.3, 0.4) is 0 Å². The van der Waals surface area contributed by atoms with E-state index in [1.54, 1.807) is 0 Å². The molecular formula is C27H54Cl3FSi. The molecule has 0 aliphatic rings. The Balaban J connectivity index is 3.76. The van der Waals surface area contributed by atoms with Crippen molar-refractivity contribution in [3.63, 3.8) is 0 Å². The second-order valence-electron chi connectivity index (χ2n) is 10.1. The fourth-order valence-corrected chi connectivity index (χ4v) is 6.18. The monoisotopic (exact) mass is 530 g/mol. The van der Waals surface area contributed by atoms with Crippen LogP contribution >= 0.6 is 33.2 Å².